The van der Waals surface area contributed by atoms with Gasteiger partial charge >= 0.3 is 0 Å². The fourth-order valence-corrected chi connectivity index (χ4v) is 2.13. The quantitative estimate of drug-likeness (QED) is 0.876. The number of hydroxylamine groups is 1. The Morgan fingerprint density at radius 3 is 3.00 bits per heavy atom. The van der Waals surface area contributed by atoms with Crippen molar-refractivity contribution >= 4 is 0 Å². The molecule has 1 N–H and O–H groups in total. The lowest BCUT2D eigenvalue weighted by Gasteiger charge is -2.11. The van der Waals surface area contributed by atoms with E-state index in [2.05, 4.69) is 15.6 Å². The maximum atomic E-state index is 13.7. The van der Waals surface area contributed by atoms with Crippen molar-refractivity contribution in [3.63, 3.8) is 0 Å². The second kappa shape index (κ2) is 4.47. The number of benzene rings is 1. The number of aryl methyl sites for hydroxylation is 1. The molecule has 1 aromatic carbocycles. The van der Waals surface area contributed by atoms with Crippen molar-refractivity contribution in [2.75, 3.05) is 6.61 Å². The van der Waals surface area contributed by atoms with E-state index in [1.807, 2.05) is 6.07 Å². The summed E-state index contributed by atoms with van der Waals surface area (Å²) in [6.45, 7) is 0.639. The molecule has 6 heteroatoms. The Morgan fingerprint density at radius 1 is 1.44 bits per heavy atom. The van der Waals surface area contributed by atoms with Gasteiger partial charge in [0.05, 0.1) is 12.6 Å². The molecule has 18 heavy (non-hydrogen) atoms. The molecule has 0 aliphatic carbocycles. The molecule has 0 saturated carbocycles. The van der Waals surface area contributed by atoms with Gasteiger partial charge in [-0.15, -0.1) is 0 Å². The SMILES string of the molecule is Cn1ncnc1-c1cc(F)cc([C@H]2CCON2)c1. The minimum atomic E-state index is -0.279. The number of rotatable bonds is 2. The predicted molar refractivity (Wildman–Crippen MR) is 62.8 cm³/mol. The summed E-state index contributed by atoms with van der Waals surface area (Å²) in [5.74, 6) is 0.369. The van der Waals surface area contributed by atoms with E-state index in [9.17, 15) is 4.39 Å². The van der Waals surface area contributed by atoms with E-state index in [0.29, 0.717) is 12.4 Å². The van der Waals surface area contributed by atoms with Gasteiger partial charge in [-0.05, 0) is 30.2 Å². The smallest absolute Gasteiger partial charge is 0.157 e. The van der Waals surface area contributed by atoms with E-state index in [-0.39, 0.29) is 11.9 Å². The van der Waals surface area contributed by atoms with E-state index >= 15 is 0 Å². The molecule has 2 heterocycles. The molecule has 1 atom stereocenters. The van der Waals surface area contributed by atoms with Crippen LogP contribution in [-0.4, -0.2) is 21.4 Å². The van der Waals surface area contributed by atoms with Gasteiger partial charge in [0, 0.05) is 12.6 Å². The second-order valence-corrected chi connectivity index (χ2v) is 4.29. The van der Waals surface area contributed by atoms with Gasteiger partial charge in [0.15, 0.2) is 5.82 Å². The van der Waals surface area contributed by atoms with Crippen molar-refractivity contribution in [3.05, 3.63) is 35.9 Å². The Hall–Kier alpha value is -1.79. The molecule has 0 spiro atoms. The van der Waals surface area contributed by atoms with Gasteiger partial charge < -0.3 is 4.84 Å². The lowest BCUT2D eigenvalue weighted by atomic mass is 10.0. The Bertz CT molecular complexity index is 563. The first-order valence-corrected chi connectivity index (χ1v) is 5.76. The minimum Gasteiger partial charge on any atom is -0.301 e. The molecule has 5 nitrogen and oxygen atoms in total. The van der Waals surface area contributed by atoms with Crippen LogP contribution in [0.2, 0.25) is 0 Å². The van der Waals surface area contributed by atoms with Crippen LogP contribution in [0.5, 0.6) is 0 Å². The topological polar surface area (TPSA) is 52.0 Å². The largest absolute Gasteiger partial charge is 0.301 e. The number of halogens is 1. The van der Waals surface area contributed by atoms with Crippen molar-refractivity contribution in [1.82, 2.24) is 20.2 Å². The number of nitrogens with zero attached hydrogens (tertiary/aromatic N) is 3. The van der Waals surface area contributed by atoms with Crippen molar-refractivity contribution in [1.29, 1.82) is 0 Å². The van der Waals surface area contributed by atoms with Gasteiger partial charge in [-0.3, -0.25) is 0 Å². The van der Waals surface area contributed by atoms with Crippen LogP contribution in [0.15, 0.2) is 24.5 Å². The number of aromatic nitrogens is 3. The monoisotopic (exact) mass is 248 g/mol. The van der Waals surface area contributed by atoms with Gasteiger partial charge in [0.25, 0.3) is 0 Å². The third-order valence-corrected chi connectivity index (χ3v) is 3.03. The lowest BCUT2D eigenvalue weighted by molar-refractivity contribution is 0.0882. The summed E-state index contributed by atoms with van der Waals surface area (Å²) in [4.78, 5) is 9.23. The van der Waals surface area contributed by atoms with Crippen LogP contribution < -0.4 is 5.48 Å². The fourth-order valence-electron chi connectivity index (χ4n) is 2.13. The molecule has 1 aliphatic rings. The Labute approximate surface area is 104 Å². The molecule has 94 valence electrons. The molecule has 1 saturated heterocycles. The molecule has 0 amide bonds. The molecule has 3 rings (SSSR count). The Kier molecular flexibility index (Phi) is 2.81. The zero-order valence-corrected chi connectivity index (χ0v) is 9.93. The number of nitrogens with one attached hydrogen (secondary N) is 1. The average Bonchev–Trinajstić information content (AvgIpc) is 2.98. The van der Waals surface area contributed by atoms with Crippen LogP contribution in [0.1, 0.15) is 18.0 Å². The van der Waals surface area contributed by atoms with Crippen molar-refractivity contribution < 1.29 is 9.23 Å². The molecular formula is C12H13FN4O. The molecule has 1 fully saturated rings. The van der Waals surface area contributed by atoms with E-state index < -0.39 is 0 Å². The predicted octanol–water partition coefficient (Wildman–Crippen LogP) is 1.59. The molecule has 0 radical (unpaired) electrons. The van der Waals surface area contributed by atoms with Crippen molar-refractivity contribution in [3.8, 4) is 11.4 Å². The first-order valence-electron chi connectivity index (χ1n) is 5.76. The summed E-state index contributed by atoms with van der Waals surface area (Å²) in [5, 5.41) is 3.99. The summed E-state index contributed by atoms with van der Waals surface area (Å²) < 4.78 is 15.3. The molecular weight excluding hydrogens is 235 g/mol. The summed E-state index contributed by atoms with van der Waals surface area (Å²) in [5.41, 5.74) is 4.46. The van der Waals surface area contributed by atoms with E-state index in [4.69, 9.17) is 4.84 Å². The molecule has 1 aromatic heterocycles. The summed E-state index contributed by atoms with van der Waals surface area (Å²) in [6.07, 6.45) is 2.29. The maximum absolute atomic E-state index is 13.7. The molecule has 1 aliphatic heterocycles. The Balaban J connectivity index is 2.03. The first kappa shape index (κ1) is 11.3. The highest BCUT2D eigenvalue weighted by Crippen LogP contribution is 2.26. The molecule has 0 unspecified atom stereocenters. The average molecular weight is 248 g/mol. The van der Waals surface area contributed by atoms with E-state index in [1.165, 1.54) is 18.5 Å². The van der Waals surface area contributed by atoms with Gasteiger partial charge in [-0.25, -0.2) is 14.1 Å². The molecule has 0 bridgehead atoms. The van der Waals surface area contributed by atoms with Gasteiger partial charge in [-0.1, -0.05) is 0 Å². The van der Waals surface area contributed by atoms with Crippen molar-refractivity contribution in [2.24, 2.45) is 7.05 Å². The summed E-state index contributed by atoms with van der Waals surface area (Å²) >= 11 is 0. The summed E-state index contributed by atoms with van der Waals surface area (Å²) in [6, 6.07) is 4.93. The maximum Gasteiger partial charge on any atom is 0.157 e. The zero-order chi connectivity index (χ0) is 12.5. The molecule has 2 aromatic rings. The zero-order valence-electron chi connectivity index (χ0n) is 9.93. The Morgan fingerprint density at radius 2 is 2.33 bits per heavy atom. The van der Waals surface area contributed by atoms with Crippen molar-refractivity contribution in [2.45, 2.75) is 12.5 Å². The third-order valence-electron chi connectivity index (χ3n) is 3.03. The van der Waals surface area contributed by atoms with Crippen LogP contribution in [0.4, 0.5) is 4.39 Å². The van der Waals surface area contributed by atoms with E-state index in [1.54, 1.807) is 11.7 Å². The highest BCUT2D eigenvalue weighted by molar-refractivity contribution is 5.56. The standard InChI is InChI=1S/C12H13FN4O/c1-17-12(14-7-15-17)9-4-8(5-10(13)6-9)11-2-3-18-16-11/h4-7,11,16H,2-3H2,1H3/t11-/m1/s1. The third kappa shape index (κ3) is 2.00. The van der Waals surface area contributed by atoms with Gasteiger partial charge in [-0.2, -0.15) is 10.6 Å². The number of hydrogen-bond acceptors (Lipinski definition) is 4. The highest BCUT2D eigenvalue weighted by atomic mass is 19.1. The lowest BCUT2D eigenvalue weighted by Crippen LogP contribution is -2.11. The van der Waals surface area contributed by atoms with Crippen LogP contribution in [0.25, 0.3) is 11.4 Å². The van der Waals surface area contributed by atoms with E-state index in [0.717, 1.165) is 17.5 Å². The van der Waals surface area contributed by atoms with Crippen LogP contribution in [0.3, 0.4) is 0 Å². The first-order chi connectivity index (χ1) is 8.74. The van der Waals surface area contributed by atoms with Gasteiger partial charge in [0.2, 0.25) is 0 Å². The van der Waals surface area contributed by atoms with Crippen LogP contribution >= 0.6 is 0 Å². The van der Waals surface area contributed by atoms with Crippen LogP contribution in [-0.2, 0) is 11.9 Å². The highest BCUT2D eigenvalue weighted by Gasteiger charge is 2.19. The van der Waals surface area contributed by atoms with Crippen LogP contribution in [0, 0.1) is 5.82 Å². The number of hydrogen-bond donors (Lipinski definition) is 1. The minimum absolute atomic E-state index is 0.0349. The second-order valence-electron chi connectivity index (χ2n) is 4.29. The fraction of sp³-hybridized carbons (Fsp3) is 0.333. The van der Waals surface area contributed by atoms with Gasteiger partial charge in [0.1, 0.15) is 12.1 Å². The normalized spacial score (nSPS) is 19.3. The summed E-state index contributed by atoms with van der Waals surface area (Å²) in [7, 11) is 1.78.